The maximum absolute atomic E-state index is 6.05. The zero-order valence-electron chi connectivity index (χ0n) is 9.70. The molecule has 0 spiro atoms. The van der Waals surface area contributed by atoms with E-state index in [2.05, 4.69) is 5.32 Å². The van der Waals surface area contributed by atoms with Crippen molar-refractivity contribution in [2.24, 2.45) is 0 Å². The van der Waals surface area contributed by atoms with Gasteiger partial charge in [-0.2, -0.15) is 0 Å². The molecule has 2 aromatic rings. The van der Waals surface area contributed by atoms with E-state index in [1.165, 1.54) is 4.90 Å². The molecule has 0 unspecified atom stereocenters. The summed E-state index contributed by atoms with van der Waals surface area (Å²) in [4.78, 5) is 1.22. The molecule has 0 amide bonds. The third-order valence-electron chi connectivity index (χ3n) is 2.37. The monoisotopic (exact) mass is 297 g/mol. The Morgan fingerprint density at radius 1 is 0.944 bits per heavy atom. The number of anilines is 1. The fraction of sp³-hybridized carbons (Fsp3) is 0.143. The molecule has 0 aliphatic heterocycles. The summed E-state index contributed by atoms with van der Waals surface area (Å²) in [5, 5.41) is 4.85. The van der Waals surface area contributed by atoms with E-state index in [-0.39, 0.29) is 0 Å². The van der Waals surface area contributed by atoms with Gasteiger partial charge in [0.15, 0.2) is 0 Å². The summed E-state index contributed by atoms with van der Waals surface area (Å²) in [5.41, 5.74) is 0.982. The third-order valence-corrected chi connectivity index (χ3v) is 3.97. The summed E-state index contributed by atoms with van der Waals surface area (Å²) >= 11 is 13.7. The van der Waals surface area contributed by atoms with Gasteiger partial charge in [-0.3, -0.25) is 0 Å². The zero-order valence-corrected chi connectivity index (χ0v) is 12.0. The summed E-state index contributed by atoms with van der Waals surface area (Å²) in [5.74, 6) is 0.979. The number of halogens is 2. The number of thioether (sulfide) groups is 1. The van der Waals surface area contributed by atoms with Crippen molar-refractivity contribution < 1.29 is 0 Å². The number of hydrogen-bond acceptors (Lipinski definition) is 2. The first-order chi connectivity index (χ1) is 8.75. The lowest BCUT2D eigenvalue weighted by Crippen LogP contribution is -2.04. The van der Waals surface area contributed by atoms with Gasteiger partial charge in [-0.15, -0.1) is 11.8 Å². The quantitative estimate of drug-likeness (QED) is 0.601. The van der Waals surface area contributed by atoms with Gasteiger partial charge in [0.25, 0.3) is 0 Å². The van der Waals surface area contributed by atoms with Gasteiger partial charge >= 0.3 is 0 Å². The molecule has 0 saturated carbocycles. The average Bonchev–Trinajstić information content (AvgIpc) is 2.39. The molecule has 0 aliphatic rings. The molecule has 1 N–H and O–H groups in total. The van der Waals surface area contributed by atoms with Crippen molar-refractivity contribution in [3.63, 3.8) is 0 Å². The highest BCUT2D eigenvalue weighted by Gasteiger charge is 1.98. The Bertz CT molecular complexity index is 499. The maximum Gasteiger partial charge on any atom is 0.0637 e. The van der Waals surface area contributed by atoms with Crippen LogP contribution in [0.2, 0.25) is 10.0 Å². The fourth-order valence-corrected chi connectivity index (χ4v) is 2.59. The molecule has 1 nitrogen and oxygen atoms in total. The maximum atomic E-state index is 6.05. The predicted octanol–water partition coefficient (Wildman–Crippen LogP) is 5.20. The van der Waals surface area contributed by atoms with Crippen molar-refractivity contribution in [1.82, 2.24) is 0 Å². The highest BCUT2D eigenvalue weighted by atomic mass is 35.5. The first-order valence-electron chi connectivity index (χ1n) is 5.62. The zero-order chi connectivity index (χ0) is 12.8. The van der Waals surface area contributed by atoms with Crippen LogP contribution in [0.25, 0.3) is 0 Å². The Balaban J connectivity index is 1.76. The minimum Gasteiger partial charge on any atom is -0.383 e. The number of hydrogen-bond donors (Lipinski definition) is 1. The molecule has 18 heavy (non-hydrogen) atoms. The average molecular weight is 298 g/mol. The number of nitrogens with one attached hydrogen (secondary N) is 1. The van der Waals surface area contributed by atoms with Crippen LogP contribution in [-0.2, 0) is 0 Å². The molecule has 94 valence electrons. The van der Waals surface area contributed by atoms with Crippen LogP contribution in [0, 0.1) is 0 Å². The topological polar surface area (TPSA) is 12.0 Å². The molecule has 0 aromatic heterocycles. The van der Waals surface area contributed by atoms with Gasteiger partial charge in [0.2, 0.25) is 0 Å². The summed E-state index contributed by atoms with van der Waals surface area (Å²) in [6, 6.07) is 15.6. The highest BCUT2D eigenvalue weighted by Crippen LogP contribution is 2.22. The second-order valence-corrected chi connectivity index (χ2v) is 5.72. The van der Waals surface area contributed by atoms with E-state index in [1.54, 1.807) is 11.8 Å². The lowest BCUT2D eigenvalue weighted by Gasteiger charge is -2.07. The van der Waals surface area contributed by atoms with E-state index < -0.39 is 0 Å². The molecule has 0 atom stereocenters. The molecule has 0 heterocycles. The molecular weight excluding hydrogens is 285 g/mol. The molecule has 0 saturated heterocycles. The van der Waals surface area contributed by atoms with Gasteiger partial charge in [-0.05, 0) is 36.4 Å². The molecule has 0 radical (unpaired) electrons. The molecule has 0 fully saturated rings. The summed E-state index contributed by atoms with van der Waals surface area (Å²) in [6.07, 6.45) is 0. The molecular formula is C14H13Cl2NS. The summed E-state index contributed by atoms with van der Waals surface area (Å²) in [7, 11) is 0. The second-order valence-electron chi connectivity index (χ2n) is 3.71. The Hall–Kier alpha value is -0.830. The van der Waals surface area contributed by atoms with Crippen LogP contribution in [-0.4, -0.2) is 12.3 Å². The van der Waals surface area contributed by atoms with Crippen molar-refractivity contribution >= 4 is 40.7 Å². The van der Waals surface area contributed by atoms with Gasteiger partial charge in [0, 0.05) is 22.2 Å². The smallest absolute Gasteiger partial charge is 0.0637 e. The first kappa shape index (κ1) is 13.6. The lowest BCUT2D eigenvalue weighted by atomic mass is 10.3. The van der Waals surface area contributed by atoms with Crippen LogP contribution in [0.5, 0.6) is 0 Å². The standard InChI is InChI=1S/C14H13Cl2NS/c15-11-5-7-12(8-6-11)18-10-9-17-14-4-2-1-3-13(14)16/h1-8,17H,9-10H2. The molecule has 0 aliphatic carbocycles. The number of para-hydroxylation sites is 1. The SMILES string of the molecule is Clc1ccc(SCCNc2ccccc2Cl)cc1. The summed E-state index contributed by atoms with van der Waals surface area (Å²) in [6.45, 7) is 0.872. The molecule has 4 heteroatoms. The van der Waals surface area contributed by atoms with Crippen molar-refractivity contribution in [2.45, 2.75) is 4.90 Å². The number of rotatable bonds is 5. The predicted molar refractivity (Wildman–Crippen MR) is 82.1 cm³/mol. The Labute approximate surface area is 121 Å². The van der Waals surface area contributed by atoms with Crippen LogP contribution in [0.15, 0.2) is 53.4 Å². The van der Waals surface area contributed by atoms with E-state index in [0.29, 0.717) is 0 Å². The van der Waals surface area contributed by atoms with Gasteiger partial charge < -0.3 is 5.32 Å². The van der Waals surface area contributed by atoms with Gasteiger partial charge in [-0.25, -0.2) is 0 Å². The normalized spacial score (nSPS) is 10.3. The lowest BCUT2D eigenvalue weighted by molar-refractivity contribution is 1.22. The van der Waals surface area contributed by atoms with E-state index >= 15 is 0 Å². The van der Waals surface area contributed by atoms with E-state index in [4.69, 9.17) is 23.2 Å². The van der Waals surface area contributed by atoms with E-state index in [1.807, 2.05) is 48.5 Å². The van der Waals surface area contributed by atoms with Gasteiger partial charge in [-0.1, -0.05) is 35.3 Å². The Kier molecular flexibility index (Phi) is 5.24. The molecule has 2 rings (SSSR count). The Morgan fingerprint density at radius 2 is 1.67 bits per heavy atom. The van der Waals surface area contributed by atoms with Crippen LogP contribution in [0.3, 0.4) is 0 Å². The van der Waals surface area contributed by atoms with Crippen LogP contribution in [0.4, 0.5) is 5.69 Å². The van der Waals surface area contributed by atoms with Gasteiger partial charge in [0.05, 0.1) is 10.7 Å². The minimum absolute atomic E-state index is 0.758. The van der Waals surface area contributed by atoms with Crippen LogP contribution in [0.1, 0.15) is 0 Å². The van der Waals surface area contributed by atoms with Crippen molar-refractivity contribution in [2.75, 3.05) is 17.6 Å². The Morgan fingerprint density at radius 3 is 2.39 bits per heavy atom. The van der Waals surface area contributed by atoms with Crippen LogP contribution >= 0.6 is 35.0 Å². The van der Waals surface area contributed by atoms with Gasteiger partial charge in [0.1, 0.15) is 0 Å². The molecule has 0 bridgehead atoms. The van der Waals surface area contributed by atoms with Crippen molar-refractivity contribution in [1.29, 1.82) is 0 Å². The first-order valence-corrected chi connectivity index (χ1v) is 7.36. The van der Waals surface area contributed by atoms with E-state index in [9.17, 15) is 0 Å². The summed E-state index contributed by atoms with van der Waals surface area (Å²) < 4.78 is 0. The minimum atomic E-state index is 0.758. The van der Waals surface area contributed by atoms with Crippen molar-refractivity contribution in [3.05, 3.63) is 58.6 Å². The van der Waals surface area contributed by atoms with Crippen molar-refractivity contribution in [3.8, 4) is 0 Å². The number of benzene rings is 2. The third kappa shape index (κ3) is 4.13. The second kappa shape index (κ2) is 6.93. The fourth-order valence-electron chi connectivity index (χ4n) is 1.49. The molecule has 2 aromatic carbocycles. The highest BCUT2D eigenvalue weighted by molar-refractivity contribution is 7.99. The van der Waals surface area contributed by atoms with Crippen LogP contribution < -0.4 is 5.32 Å². The largest absolute Gasteiger partial charge is 0.383 e. The van der Waals surface area contributed by atoms with E-state index in [0.717, 1.165) is 28.0 Å².